The molecule has 1 atom stereocenters. The van der Waals surface area contributed by atoms with Crippen LogP contribution in [0.5, 0.6) is 0 Å². The molecule has 0 amide bonds. The van der Waals surface area contributed by atoms with Crippen LogP contribution in [-0.2, 0) is 4.57 Å². The SMILES string of the molecule is [CH2]C(CC=CCCCCCCC)P(=O)(O)O. The number of rotatable bonds is 9. The van der Waals surface area contributed by atoms with Crippen LogP contribution in [0.4, 0.5) is 0 Å². The number of allylic oxidation sites excluding steroid dienone is 2. The monoisotopic (exact) mass is 247 g/mol. The van der Waals surface area contributed by atoms with Gasteiger partial charge in [0.05, 0.1) is 5.66 Å². The van der Waals surface area contributed by atoms with Crippen molar-refractivity contribution >= 4 is 7.60 Å². The Hall–Kier alpha value is -0.110. The molecule has 0 saturated carbocycles. The summed E-state index contributed by atoms with van der Waals surface area (Å²) in [5.41, 5.74) is -0.802. The molecule has 95 valence electrons. The molecule has 0 saturated heterocycles. The minimum absolute atomic E-state index is 0.360. The van der Waals surface area contributed by atoms with Crippen molar-refractivity contribution in [1.82, 2.24) is 0 Å². The first-order valence-electron chi connectivity index (χ1n) is 6.01. The summed E-state index contributed by atoms with van der Waals surface area (Å²) in [6.45, 7) is 5.64. The summed E-state index contributed by atoms with van der Waals surface area (Å²) in [5, 5.41) is 0. The lowest BCUT2D eigenvalue weighted by molar-refractivity contribution is 0.364. The van der Waals surface area contributed by atoms with E-state index in [1.54, 1.807) is 0 Å². The third-order valence-corrected chi connectivity index (χ3v) is 3.69. The second-order valence-electron chi connectivity index (χ2n) is 4.15. The number of hydrogen-bond acceptors (Lipinski definition) is 1. The highest BCUT2D eigenvalue weighted by Gasteiger charge is 2.21. The van der Waals surface area contributed by atoms with Gasteiger partial charge in [-0.3, -0.25) is 4.57 Å². The van der Waals surface area contributed by atoms with Crippen LogP contribution in [0.25, 0.3) is 0 Å². The third-order valence-electron chi connectivity index (χ3n) is 2.52. The van der Waals surface area contributed by atoms with E-state index in [1.165, 1.54) is 25.7 Å². The molecule has 0 aromatic carbocycles. The zero-order valence-electron chi connectivity index (χ0n) is 10.1. The molecule has 0 rings (SSSR count). The van der Waals surface area contributed by atoms with Crippen LogP contribution in [0.15, 0.2) is 12.2 Å². The van der Waals surface area contributed by atoms with Crippen molar-refractivity contribution in [2.24, 2.45) is 0 Å². The molecule has 0 aromatic heterocycles. The highest BCUT2D eigenvalue weighted by atomic mass is 31.2. The Morgan fingerprint density at radius 1 is 1.19 bits per heavy atom. The topological polar surface area (TPSA) is 57.5 Å². The van der Waals surface area contributed by atoms with Crippen molar-refractivity contribution < 1.29 is 14.4 Å². The molecule has 16 heavy (non-hydrogen) atoms. The summed E-state index contributed by atoms with van der Waals surface area (Å²) in [6, 6.07) is 0. The summed E-state index contributed by atoms with van der Waals surface area (Å²) < 4.78 is 10.8. The molecule has 2 N–H and O–H groups in total. The van der Waals surface area contributed by atoms with Gasteiger partial charge in [0.25, 0.3) is 0 Å². The lowest BCUT2D eigenvalue weighted by atomic mass is 10.1. The smallest absolute Gasteiger partial charge is 0.324 e. The molecule has 1 unspecified atom stereocenters. The van der Waals surface area contributed by atoms with Gasteiger partial charge in [0.15, 0.2) is 0 Å². The van der Waals surface area contributed by atoms with E-state index in [4.69, 9.17) is 9.79 Å². The van der Waals surface area contributed by atoms with Crippen molar-refractivity contribution in [2.45, 2.75) is 57.5 Å². The number of hydrogen-bond donors (Lipinski definition) is 2. The van der Waals surface area contributed by atoms with E-state index in [0.29, 0.717) is 6.42 Å². The molecule has 0 heterocycles. The number of unbranched alkanes of at least 4 members (excludes halogenated alkanes) is 5. The van der Waals surface area contributed by atoms with Crippen LogP contribution in [-0.4, -0.2) is 15.4 Å². The lowest BCUT2D eigenvalue weighted by Crippen LogP contribution is -2.00. The van der Waals surface area contributed by atoms with Gasteiger partial charge in [-0.2, -0.15) is 0 Å². The molecule has 0 bridgehead atoms. The van der Waals surface area contributed by atoms with Gasteiger partial charge >= 0.3 is 7.60 Å². The van der Waals surface area contributed by atoms with Crippen LogP contribution in [0.3, 0.4) is 0 Å². The Morgan fingerprint density at radius 2 is 1.81 bits per heavy atom. The minimum atomic E-state index is -3.99. The Balaban J connectivity index is 3.45. The van der Waals surface area contributed by atoms with Gasteiger partial charge in [0, 0.05) is 0 Å². The fraction of sp³-hybridized carbons (Fsp3) is 0.750. The first kappa shape index (κ1) is 15.9. The molecule has 4 heteroatoms. The first-order valence-corrected chi connectivity index (χ1v) is 7.70. The normalized spacial score (nSPS) is 14.5. The van der Waals surface area contributed by atoms with Crippen molar-refractivity contribution in [1.29, 1.82) is 0 Å². The van der Waals surface area contributed by atoms with E-state index >= 15 is 0 Å². The second-order valence-corrected chi connectivity index (χ2v) is 6.06. The quantitative estimate of drug-likeness (QED) is 0.371. The Morgan fingerprint density at radius 3 is 2.38 bits per heavy atom. The van der Waals surface area contributed by atoms with Crippen LogP contribution >= 0.6 is 7.60 Å². The average Bonchev–Trinajstić information content (AvgIpc) is 2.20. The van der Waals surface area contributed by atoms with E-state index in [-0.39, 0.29) is 0 Å². The molecule has 0 fully saturated rings. The zero-order valence-corrected chi connectivity index (χ0v) is 11.0. The molecule has 0 spiro atoms. The molecule has 0 aliphatic carbocycles. The van der Waals surface area contributed by atoms with E-state index in [9.17, 15) is 4.57 Å². The summed E-state index contributed by atoms with van der Waals surface area (Å²) in [6.07, 6.45) is 11.4. The maximum Gasteiger partial charge on any atom is 0.328 e. The lowest BCUT2D eigenvalue weighted by Gasteiger charge is -2.09. The predicted molar refractivity (Wildman–Crippen MR) is 68.3 cm³/mol. The van der Waals surface area contributed by atoms with Gasteiger partial charge in [0.1, 0.15) is 0 Å². The van der Waals surface area contributed by atoms with Gasteiger partial charge in [-0.25, -0.2) is 0 Å². The van der Waals surface area contributed by atoms with Gasteiger partial charge < -0.3 is 9.79 Å². The molecule has 0 aliphatic rings. The maximum absolute atomic E-state index is 10.8. The Kier molecular flexibility index (Phi) is 8.91. The van der Waals surface area contributed by atoms with E-state index in [1.807, 2.05) is 12.2 Å². The largest absolute Gasteiger partial charge is 0.328 e. The molecule has 0 aromatic rings. The summed E-state index contributed by atoms with van der Waals surface area (Å²) in [4.78, 5) is 17.6. The Labute approximate surface area is 99.1 Å². The first-order chi connectivity index (χ1) is 7.48. The van der Waals surface area contributed by atoms with Crippen molar-refractivity contribution in [3.05, 3.63) is 19.1 Å². The molecule has 0 aliphatic heterocycles. The van der Waals surface area contributed by atoms with Gasteiger partial charge in [-0.05, 0) is 26.2 Å². The average molecular weight is 247 g/mol. The van der Waals surface area contributed by atoms with Crippen LogP contribution in [0, 0.1) is 6.92 Å². The van der Waals surface area contributed by atoms with Gasteiger partial charge in [0.2, 0.25) is 0 Å². The molecular formula is C12H24O3P. The maximum atomic E-state index is 10.8. The fourth-order valence-corrected chi connectivity index (χ4v) is 1.77. The van der Waals surface area contributed by atoms with Crippen molar-refractivity contribution in [3.63, 3.8) is 0 Å². The summed E-state index contributed by atoms with van der Waals surface area (Å²) in [5.74, 6) is 0. The van der Waals surface area contributed by atoms with E-state index in [2.05, 4.69) is 13.8 Å². The van der Waals surface area contributed by atoms with E-state index < -0.39 is 13.3 Å². The van der Waals surface area contributed by atoms with Crippen LogP contribution in [0.1, 0.15) is 51.9 Å². The third kappa shape index (κ3) is 9.14. The van der Waals surface area contributed by atoms with E-state index in [0.717, 1.165) is 12.8 Å². The second kappa shape index (κ2) is 8.98. The van der Waals surface area contributed by atoms with Gasteiger partial charge in [-0.1, -0.05) is 44.8 Å². The van der Waals surface area contributed by atoms with Crippen molar-refractivity contribution in [3.8, 4) is 0 Å². The Bertz CT molecular complexity index is 232. The summed E-state index contributed by atoms with van der Waals surface area (Å²) >= 11 is 0. The van der Waals surface area contributed by atoms with Crippen LogP contribution in [0.2, 0.25) is 0 Å². The van der Waals surface area contributed by atoms with Crippen LogP contribution < -0.4 is 0 Å². The summed E-state index contributed by atoms with van der Waals surface area (Å²) in [7, 11) is -3.99. The standard InChI is InChI=1S/C12H24O3P/c1-3-4-5-6-7-8-9-10-11-12(2)16(13,14)15/h9-10,12H,2-8,11H2,1H3,(H2,13,14,15). The van der Waals surface area contributed by atoms with Crippen molar-refractivity contribution in [2.75, 3.05) is 0 Å². The zero-order chi connectivity index (χ0) is 12.4. The predicted octanol–water partition coefficient (Wildman–Crippen LogP) is 3.67. The molecule has 3 nitrogen and oxygen atoms in total. The fourth-order valence-electron chi connectivity index (χ4n) is 1.37. The highest BCUT2D eigenvalue weighted by molar-refractivity contribution is 7.52. The minimum Gasteiger partial charge on any atom is -0.324 e. The highest BCUT2D eigenvalue weighted by Crippen LogP contribution is 2.42. The molecule has 1 radical (unpaired) electrons. The van der Waals surface area contributed by atoms with Gasteiger partial charge in [-0.15, -0.1) is 0 Å². The molecular weight excluding hydrogens is 223 g/mol.